The molecule has 0 spiro atoms. The molecule has 0 saturated heterocycles. The maximum atomic E-state index is 13.0. The molecule has 2 rings (SSSR count). The van der Waals surface area contributed by atoms with Crippen LogP contribution in [0.4, 0.5) is 18.9 Å². The zero-order chi connectivity index (χ0) is 14.8. The minimum atomic E-state index is -4.36. The lowest BCUT2D eigenvalue weighted by Gasteiger charge is -2.20. The van der Waals surface area contributed by atoms with E-state index in [2.05, 4.69) is 26.2 Å². The Morgan fingerprint density at radius 2 is 1.85 bits per heavy atom. The van der Waals surface area contributed by atoms with E-state index in [1.807, 2.05) is 0 Å². The van der Waals surface area contributed by atoms with Gasteiger partial charge >= 0.3 is 6.18 Å². The number of benzene rings is 1. The van der Waals surface area contributed by atoms with Gasteiger partial charge in [-0.25, -0.2) is 4.98 Å². The van der Waals surface area contributed by atoms with Gasteiger partial charge in [-0.05, 0) is 46.6 Å². The summed E-state index contributed by atoms with van der Waals surface area (Å²) in [5.74, 6) is 0. The average molecular weight is 345 g/mol. The summed E-state index contributed by atoms with van der Waals surface area (Å²) in [5, 5.41) is 3.01. The van der Waals surface area contributed by atoms with E-state index in [-0.39, 0.29) is 5.56 Å². The highest BCUT2D eigenvalue weighted by Crippen LogP contribution is 2.35. The molecular formula is C14H12BrF3N2. The highest BCUT2D eigenvalue weighted by atomic mass is 79.9. The second kappa shape index (κ2) is 5.83. The van der Waals surface area contributed by atoms with Gasteiger partial charge in [-0.3, -0.25) is 0 Å². The molecule has 0 fully saturated rings. The Labute approximate surface area is 123 Å². The van der Waals surface area contributed by atoms with Crippen LogP contribution in [0.2, 0.25) is 0 Å². The minimum Gasteiger partial charge on any atom is -0.377 e. The highest BCUT2D eigenvalue weighted by Gasteiger charge is 2.34. The lowest BCUT2D eigenvalue weighted by molar-refractivity contribution is -0.138. The molecular weight excluding hydrogens is 333 g/mol. The first kappa shape index (κ1) is 14.8. The molecule has 0 aliphatic carbocycles. The van der Waals surface area contributed by atoms with Crippen LogP contribution in [0.1, 0.15) is 24.1 Å². The third-order valence-electron chi connectivity index (χ3n) is 2.84. The van der Waals surface area contributed by atoms with Crippen LogP contribution in [0.15, 0.2) is 47.2 Å². The summed E-state index contributed by atoms with van der Waals surface area (Å²) in [4.78, 5) is 4.03. The standard InChI is InChI=1S/C14H12BrF3N2/c1-9(20-10-6-7-13(15)19-8-10)11-4-2-3-5-12(11)14(16,17)18/h2-9,20H,1H3. The average Bonchev–Trinajstić information content (AvgIpc) is 2.40. The van der Waals surface area contributed by atoms with Crippen molar-refractivity contribution in [1.29, 1.82) is 0 Å². The van der Waals surface area contributed by atoms with Gasteiger partial charge < -0.3 is 5.32 Å². The normalized spacial score (nSPS) is 13.1. The molecule has 2 aromatic rings. The molecule has 1 aromatic carbocycles. The molecule has 0 aliphatic rings. The minimum absolute atomic E-state index is 0.211. The van der Waals surface area contributed by atoms with Gasteiger partial charge in [0.15, 0.2) is 0 Å². The molecule has 1 heterocycles. The fourth-order valence-corrected chi connectivity index (χ4v) is 2.16. The van der Waals surface area contributed by atoms with Crippen molar-refractivity contribution < 1.29 is 13.2 Å². The number of halogens is 4. The molecule has 20 heavy (non-hydrogen) atoms. The number of rotatable bonds is 3. The quantitative estimate of drug-likeness (QED) is 0.789. The van der Waals surface area contributed by atoms with Crippen LogP contribution in [0.25, 0.3) is 0 Å². The Kier molecular flexibility index (Phi) is 4.32. The molecule has 6 heteroatoms. The predicted octanol–water partition coefficient (Wildman–Crippen LogP) is 5.04. The first-order valence-electron chi connectivity index (χ1n) is 5.92. The third kappa shape index (κ3) is 3.50. The lowest BCUT2D eigenvalue weighted by atomic mass is 10.0. The number of nitrogens with one attached hydrogen (secondary N) is 1. The van der Waals surface area contributed by atoms with E-state index in [0.717, 1.165) is 6.07 Å². The zero-order valence-corrected chi connectivity index (χ0v) is 12.2. The molecule has 1 atom stereocenters. The highest BCUT2D eigenvalue weighted by molar-refractivity contribution is 9.10. The molecule has 1 N–H and O–H groups in total. The number of anilines is 1. The molecule has 0 bridgehead atoms. The van der Waals surface area contributed by atoms with Gasteiger partial charge in [-0.2, -0.15) is 13.2 Å². The van der Waals surface area contributed by atoms with Crippen molar-refractivity contribution in [2.75, 3.05) is 5.32 Å². The number of aromatic nitrogens is 1. The number of nitrogens with zero attached hydrogens (tertiary/aromatic N) is 1. The van der Waals surface area contributed by atoms with E-state index in [1.165, 1.54) is 12.1 Å². The summed E-state index contributed by atoms with van der Waals surface area (Å²) in [6.07, 6.45) is -2.79. The summed E-state index contributed by atoms with van der Waals surface area (Å²) in [7, 11) is 0. The predicted molar refractivity (Wildman–Crippen MR) is 75.4 cm³/mol. The molecule has 0 aliphatic heterocycles. The Bertz CT molecular complexity index is 582. The van der Waals surface area contributed by atoms with Crippen LogP contribution < -0.4 is 5.32 Å². The molecule has 0 radical (unpaired) electrons. The molecule has 0 saturated carbocycles. The number of alkyl halides is 3. The van der Waals surface area contributed by atoms with Crippen molar-refractivity contribution in [3.05, 3.63) is 58.3 Å². The Balaban J connectivity index is 2.25. The van der Waals surface area contributed by atoms with Gasteiger partial charge in [0, 0.05) is 6.04 Å². The van der Waals surface area contributed by atoms with Gasteiger partial charge in [0.2, 0.25) is 0 Å². The third-order valence-corrected chi connectivity index (χ3v) is 3.31. The van der Waals surface area contributed by atoms with E-state index in [1.54, 1.807) is 31.3 Å². The van der Waals surface area contributed by atoms with E-state index in [9.17, 15) is 13.2 Å². The Hall–Kier alpha value is -1.56. The number of hydrogen-bond donors (Lipinski definition) is 1. The summed E-state index contributed by atoms with van der Waals surface area (Å²) in [5.41, 5.74) is 0.255. The van der Waals surface area contributed by atoms with Crippen molar-refractivity contribution in [3.8, 4) is 0 Å². The van der Waals surface area contributed by atoms with Crippen LogP contribution >= 0.6 is 15.9 Å². The van der Waals surface area contributed by atoms with Crippen molar-refractivity contribution in [2.24, 2.45) is 0 Å². The second-order valence-corrected chi connectivity index (χ2v) is 5.13. The van der Waals surface area contributed by atoms with E-state index >= 15 is 0 Å². The fourth-order valence-electron chi connectivity index (χ4n) is 1.92. The summed E-state index contributed by atoms with van der Waals surface area (Å²) < 4.78 is 39.5. The van der Waals surface area contributed by atoms with Crippen LogP contribution in [0, 0.1) is 0 Å². The van der Waals surface area contributed by atoms with Crippen LogP contribution in [0.3, 0.4) is 0 Å². The first-order valence-corrected chi connectivity index (χ1v) is 6.71. The summed E-state index contributed by atoms with van der Waals surface area (Å²) >= 11 is 3.21. The molecule has 1 unspecified atom stereocenters. The molecule has 106 valence electrons. The Morgan fingerprint density at radius 3 is 2.45 bits per heavy atom. The second-order valence-electron chi connectivity index (χ2n) is 4.32. The molecule has 1 aromatic heterocycles. The van der Waals surface area contributed by atoms with Crippen LogP contribution in [-0.2, 0) is 6.18 Å². The lowest BCUT2D eigenvalue weighted by Crippen LogP contribution is -2.15. The van der Waals surface area contributed by atoms with Crippen molar-refractivity contribution in [3.63, 3.8) is 0 Å². The largest absolute Gasteiger partial charge is 0.416 e. The smallest absolute Gasteiger partial charge is 0.377 e. The van der Waals surface area contributed by atoms with Gasteiger partial charge in [-0.15, -0.1) is 0 Å². The first-order chi connectivity index (χ1) is 9.38. The topological polar surface area (TPSA) is 24.9 Å². The Morgan fingerprint density at radius 1 is 1.15 bits per heavy atom. The van der Waals surface area contributed by atoms with E-state index in [0.29, 0.717) is 10.3 Å². The van der Waals surface area contributed by atoms with Crippen molar-refractivity contribution >= 4 is 21.6 Å². The zero-order valence-electron chi connectivity index (χ0n) is 10.6. The summed E-state index contributed by atoms with van der Waals surface area (Å²) in [6.45, 7) is 1.69. The SMILES string of the molecule is CC(Nc1ccc(Br)nc1)c1ccccc1C(F)(F)F. The fraction of sp³-hybridized carbons (Fsp3) is 0.214. The van der Waals surface area contributed by atoms with E-state index < -0.39 is 17.8 Å². The van der Waals surface area contributed by atoms with Gasteiger partial charge in [0.1, 0.15) is 4.60 Å². The maximum Gasteiger partial charge on any atom is 0.416 e. The van der Waals surface area contributed by atoms with Gasteiger partial charge in [-0.1, -0.05) is 18.2 Å². The van der Waals surface area contributed by atoms with Crippen LogP contribution in [0.5, 0.6) is 0 Å². The van der Waals surface area contributed by atoms with Crippen molar-refractivity contribution in [2.45, 2.75) is 19.1 Å². The number of hydrogen-bond acceptors (Lipinski definition) is 2. The van der Waals surface area contributed by atoms with Crippen LogP contribution in [-0.4, -0.2) is 4.98 Å². The summed E-state index contributed by atoms with van der Waals surface area (Å²) in [6, 6.07) is 8.56. The van der Waals surface area contributed by atoms with Gasteiger partial charge in [0.25, 0.3) is 0 Å². The molecule has 2 nitrogen and oxygen atoms in total. The van der Waals surface area contributed by atoms with Gasteiger partial charge in [0.05, 0.1) is 17.4 Å². The monoisotopic (exact) mass is 344 g/mol. The maximum absolute atomic E-state index is 13.0. The molecule has 0 amide bonds. The van der Waals surface area contributed by atoms with E-state index in [4.69, 9.17) is 0 Å². The van der Waals surface area contributed by atoms with Crippen molar-refractivity contribution in [1.82, 2.24) is 4.98 Å². The number of pyridine rings is 1.